The first-order chi connectivity index (χ1) is 8.70. The third-order valence-corrected chi connectivity index (χ3v) is 4.14. The van der Waals surface area contributed by atoms with Gasteiger partial charge >= 0.3 is 0 Å². The zero-order valence-electron chi connectivity index (χ0n) is 10.7. The number of rotatable bonds is 3. The Hall–Kier alpha value is -1.42. The Kier molecular flexibility index (Phi) is 3.04. The summed E-state index contributed by atoms with van der Waals surface area (Å²) in [4.78, 5) is 4.87. The van der Waals surface area contributed by atoms with E-state index < -0.39 is 0 Å². The summed E-state index contributed by atoms with van der Waals surface area (Å²) < 4.78 is 1.83. The van der Waals surface area contributed by atoms with E-state index in [4.69, 9.17) is 0 Å². The summed E-state index contributed by atoms with van der Waals surface area (Å²) in [5.41, 5.74) is 1.34. The molecule has 0 unspecified atom stereocenters. The number of aromatic nitrogens is 2. The first-order valence-electron chi connectivity index (χ1n) is 6.22. The zero-order chi connectivity index (χ0) is 12.5. The normalized spacial score (nSPS) is 15.8. The highest BCUT2D eigenvalue weighted by molar-refractivity contribution is 7.99. The number of hydrogen-bond acceptors (Lipinski definition) is 3. The molecule has 1 saturated heterocycles. The zero-order valence-corrected chi connectivity index (χ0v) is 11.5. The molecular formula is C14H17N3S. The fraction of sp³-hybridized carbons (Fsp3) is 0.357. The van der Waals surface area contributed by atoms with E-state index in [2.05, 4.69) is 41.2 Å². The van der Waals surface area contributed by atoms with E-state index in [1.165, 1.54) is 28.6 Å². The lowest BCUT2D eigenvalue weighted by Crippen LogP contribution is -2.45. The second kappa shape index (κ2) is 4.69. The number of benzene rings is 1. The van der Waals surface area contributed by atoms with Gasteiger partial charge in [0, 0.05) is 36.9 Å². The van der Waals surface area contributed by atoms with Gasteiger partial charge in [-0.3, -0.25) is 4.68 Å². The van der Waals surface area contributed by atoms with E-state index in [1.807, 2.05) is 24.1 Å². The Balaban J connectivity index is 1.67. The first-order valence-corrected chi connectivity index (χ1v) is 7.04. The van der Waals surface area contributed by atoms with Gasteiger partial charge in [-0.2, -0.15) is 5.10 Å². The van der Waals surface area contributed by atoms with Crippen molar-refractivity contribution in [3.63, 3.8) is 0 Å². The minimum atomic E-state index is 0.842. The SMILES string of the molecule is CC1CN(c2ccc(Sc3cnn(C)c3)cc2)C1. The molecule has 1 aromatic carbocycles. The van der Waals surface area contributed by atoms with Crippen LogP contribution >= 0.6 is 11.8 Å². The molecule has 0 atom stereocenters. The van der Waals surface area contributed by atoms with Crippen LogP contribution in [0.15, 0.2) is 46.5 Å². The highest BCUT2D eigenvalue weighted by Gasteiger charge is 2.22. The van der Waals surface area contributed by atoms with Crippen molar-refractivity contribution in [1.29, 1.82) is 0 Å². The van der Waals surface area contributed by atoms with Gasteiger partial charge in [-0.15, -0.1) is 0 Å². The van der Waals surface area contributed by atoms with E-state index in [1.54, 1.807) is 11.8 Å². The predicted molar refractivity (Wildman–Crippen MR) is 75.2 cm³/mol. The van der Waals surface area contributed by atoms with Crippen LogP contribution in [-0.4, -0.2) is 22.9 Å². The number of aryl methyl sites for hydroxylation is 1. The van der Waals surface area contributed by atoms with Crippen LogP contribution in [0.5, 0.6) is 0 Å². The summed E-state index contributed by atoms with van der Waals surface area (Å²) in [5.74, 6) is 0.842. The van der Waals surface area contributed by atoms with Crippen LogP contribution in [0.25, 0.3) is 0 Å². The predicted octanol–water partition coefficient (Wildman–Crippen LogP) is 3.03. The summed E-state index contributed by atoms with van der Waals surface area (Å²) in [6.45, 7) is 4.67. The van der Waals surface area contributed by atoms with E-state index in [-0.39, 0.29) is 0 Å². The van der Waals surface area contributed by atoms with Crippen molar-refractivity contribution in [2.24, 2.45) is 13.0 Å². The lowest BCUT2D eigenvalue weighted by molar-refractivity contribution is 0.447. The van der Waals surface area contributed by atoms with Gasteiger partial charge in [-0.25, -0.2) is 0 Å². The monoisotopic (exact) mass is 259 g/mol. The molecule has 0 radical (unpaired) electrons. The molecule has 2 heterocycles. The smallest absolute Gasteiger partial charge is 0.0629 e. The van der Waals surface area contributed by atoms with Crippen LogP contribution in [0, 0.1) is 5.92 Å². The molecule has 4 heteroatoms. The average molecular weight is 259 g/mol. The fourth-order valence-corrected chi connectivity index (χ4v) is 3.07. The molecule has 18 heavy (non-hydrogen) atoms. The topological polar surface area (TPSA) is 21.1 Å². The largest absolute Gasteiger partial charge is 0.371 e. The lowest BCUT2D eigenvalue weighted by Gasteiger charge is -2.39. The molecule has 3 rings (SSSR count). The molecule has 0 saturated carbocycles. The van der Waals surface area contributed by atoms with Gasteiger partial charge in [0.25, 0.3) is 0 Å². The molecule has 3 nitrogen and oxygen atoms in total. The molecule has 1 aromatic heterocycles. The van der Waals surface area contributed by atoms with Crippen LogP contribution in [-0.2, 0) is 7.05 Å². The lowest BCUT2D eigenvalue weighted by atomic mass is 10.0. The summed E-state index contributed by atoms with van der Waals surface area (Å²) in [6.07, 6.45) is 3.94. The fourth-order valence-electron chi connectivity index (χ4n) is 2.22. The standard InChI is InChI=1S/C14H17N3S/c1-11-8-17(9-11)12-3-5-13(6-4-12)18-14-7-15-16(2)10-14/h3-7,10-11H,8-9H2,1-2H3. The Bertz CT molecular complexity index is 526. The number of anilines is 1. The Morgan fingerprint density at radius 1 is 1.17 bits per heavy atom. The van der Waals surface area contributed by atoms with Crippen LogP contribution in [0.1, 0.15) is 6.92 Å². The van der Waals surface area contributed by atoms with Gasteiger partial charge in [0.05, 0.1) is 11.1 Å². The Morgan fingerprint density at radius 2 is 1.89 bits per heavy atom. The number of hydrogen-bond donors (Lipinski definition) is 0. The third-order valence-electron chi connectivity index (χ3n) is 3.18. The second-order valence-corrected chi connectivity index (χ2v) is 6.10. The Labute approximate surface area is 112 Å². The van der Waals surface area contributed by atoms with Gasteiger partial charge in [0.1, 0.15) is 0 Å². The van der Waals surface area contributed by atoms with E-state index in [9.17, 15) is 0 Å². The van der Waals surface area contributed by atoms with Crippen molar-refractivity contribution in [3.8, 4) is 0 Å². The summed E-state index contributed by atoms with van der Waals surface area (Å²) in [5, 5.41) is 4.18. The van der Waals surface area contributed by atoms with Crippen LogP contribution in [0.2, 0.25) is 0 Å². The van der Waals surface area contributed by atoms with Crippen molar-refractivity contribution in [3.05, 3.63) is 36.7 Å². The molecule has 0 aliphatic carbocycles. The van der Waals surface area contributed by atoms with Crippen molar-refractivity contribution in [1.82, 2.24) is 9.78 Å². The molecule has 0 amide bonds. The van der Waals surface area contributed by atoms with Crippen molar-refractivity contribution < 1.29 is 0 Å². The maximum absolute atomic E-state index is 4.18. The summed E-state index contributed by atoms with van der Waals surface area (Å²) in [6, 6.07) is 8.81. The van der Waals surface area contributed by atoms with Crippen molar-refractivity contribution in [2.45, 2.75) is 16.7 Å². The molecule has 1 fully saturated rings. The third kappa shape index (κ3) is 2.38. The van der Waals surface area contributed by atoms with Crippen molar-refractivity contribution in [2.75, 3.05) is 18.0 Å². The van der Waals surface area contributed by atoms with Gasteiger partial charge in [-0.05, 0) is 30.2 Å². The molecule has 1 aliphatic rings. The van der Waals surface area contributed by atoms with Gasteiger partial charge in [-0.1, -0.05) is 18.7 Å². The number of nitrogens with zero attached hydrogens (tertiary/aromatic N) is 3. The first kappa shape index (κ1) is 11.7. The molecular weight excluding hydrogens is 242 g/mol. The van der Waals surface area contributed by atoms with E-state index >= 15 is 0 Å². The molecule has 0 N–H and O–H groups in total. The molecule has 0 spiro atoms. The molecule has 2 aromatic rings. The van der Waals surface area contributed by atoms with Crippen molar-refractivity contribution >= 4 is 17.4 Å². The second-order valence-electron chi connectivity index (χ2n) is 4.96. The van der Waals surface area contributed by atoms with Gasteiger partial charge in [0.15, 0.2) is 0 Å². The highest BCUT2D eigenvalue weighted by atomic mass is 32.2. The molecule has 94 valence electrons. The summed E-state index contributed by atoms with van der Waals surface area (Å²) in [7, 11) is 1.94. The van der Waals surface area contributed by atoms with Crippen LogP contribution < -0.4 is 4.90 Å². The van der Waals surface area contributed by atoms with Gasteiger partial charge in [0.2, 0.25) is 0 Å². The quantitative estimate of drug-likeness (QED) is 0.845. The summed E-state index contributed by atoms with van der Waals surface area (Å²) >= 11 is 1.75. The van der Waals surface area contributed by atoms with Crippen LogP contribution in [0.3, 0.4) is 0 Å². The maximum Gasteiger partial charge on any atom is 0.0629 e. The highest BCUT2D eigenvalue weighted by Crippen LogP contribution is 2.30. The minimum Gasteiger partial charge on any atom is -0.371 e. The molecule has 1 aliphatic heterocycles. The van der Waals surface area contributed by atoms with Gasteiger partial charge < -0.3 is 4.90 Å². The molecule has 0 bridgehead atoms. The Morgan fingerprint density at radius 3 is 2.44 bits per heavy atom. The van der Waals surface area contributed by atoms with E-state index in [0.29, 0.717) is 0 Å². The minimum absolute atomic E-state index is 0.842. The average Bonchev–Trinajstić information content (AvgIpc) is 2.72. The maximum atomic E-state index is 4.18. The van der Waals surface area contributed by atoms with Crippen LogP contribution in [0.4, 0.5) is 5.69 Å². The van der Waals surface area contributed by atoms with E-state index in [0.717, 1.165) is 5.92 Å².